The topological polar surface area (TPSA) is 93.0 Å². The third-order valence-electron chi connectivity index (χ3n) is 7.25. The van der Waals surface area contributed by atoms with Gasteiger partial charge in [0.1, 0.15) is 23.0 Å². The number of aromatic amines is 1. The van der Waals surface area contributed by atoms with Crippen molar-refractivity contribution in [1.82, 2.24) is 19.9 Å². The molecule has 1 fully saturated rings. The predicted molar refractivity (Wildman–Crippen MR) is 164 cm³/mol. The molecule has 1 atom stereocenters. The molecule has 2 aromatic carbocycles. The van der Waals surface area contributed by atoms with E-state index in [1.807, 2.05) is 25.1 Å². The van der Waals surface area contributed by atoms with Gasteiger partial charge in [-0.3, -0.25) is 4.98 Å². The Morgan fingerprint density at radius 3 is 2.77 bits per heavy atom. The maximum absolute atomic E-state index is 6.77. The molecule has 0 unspecified atom stereocenters. The number of halogens is 1. The van der Waals surface area contributed by atoms with E-state index in [2.05, 4.69) is 54.1 Å². The monoisotopic (exact) mass is 572 g/mol. The maximum Gasteiger partial charge on any atom is 0.196 e. The van der Waals surface area contributed by atoms with Gasteiger partial charge in [-0.05, 0) is 73.8 Å². The van der Waals surface area contributed by atoms with E-state index in [9.17, 15) is 0 Å². The molecule has 0 radical (unpaired) electrons. The van der Waals surface area contributed by atoms with Crippen LogP contribution in [0, 0.1) is 6.92 Å². The van der Waals surface area contributed by atoms with Gasteiger partial charge < -0.3 is 20.4 Å². The lowest BCUT2D eigenvalue weighted by Crippen LogP contribution is -2.27. The van der Waals surface area contributed by atoms with Gasteiger partial charge in [0.2, 0.25) is 0 Å². The maximum atomic E-state index is 6.77. The highest BCUT2D eigenvalue weighted by Crippen LogP contribution is 2.39. The van der Waals surface area contributed by atoms with Crippen molar-refractivity contribution < 1.29 is 4.74 Å². The van der Waals surface area contributed by atoms with Crippen molar-refractivity contribution in [2.24, 2.45) is 5.73 Å². The molecule has 0 saturated carbocycles. The van der Waals surface area contributed by atoms with Gasteiger partial charge in [0, 0.05) is 46.9 Å². The van der Waals surface area contributed by atoms with E-state index < -0.39 is 0 Å². The Morgan fingerprint density at radius 1 is 1.12 bits per heavy atom. The number of nitrogens with two attached hydrogens (primary N) is 1. The quantitative estimate of drug-likeness (QED) is 0.186. The first-order valence-corrected chi connectivity index (χ1v) is 15.1. The van der Waals surface area contributed by atoms with Crippen LogP contribution < -0.4 is 15.4 Å². The molecule has 1 saturated heterocycles. The van der Waals surface area contributed by atoms with Crippen LogP contribution in [0.1, 0.15) is 43.6 Å². The van der Waals surface area contributed by atoms with Gasteiger partial charge in [-0.1, -0.05) is 44.0 Å². The number of pyridine rings is 1. The fourth-order valence-electron chi connectivity index (χ4n) is 5.30. The summed E-state index contributed by atoms with van der Waals surface area (Å²) < 4.78 is 6.37. The summed E-state index contributed by atoms with van der Waals surface area (Å²) in [6, 6.07) is 16.6. The van der Waals surface area contributed by atoms with E-state index in [1.165, 1.54) is 17.3 Å². The molecule has 6 rings (SSSR count). The normalized spacial score (nSPS) is 15.4. The standard InChI is InChI=1S/C31H33ClN6OS/c1-4-7-19-8-6-9-21(15-19)39-26-14-18(3)34-25-16-22(10-11-23(25)26)40-31-36-29-27(28(32)24(5-2)35-29)30(37-31)38-13-12-20(33)17-38/h6,8-11,14-16,20H,4-5,7,12-13,17,33H2,1-3H3,(H,35,36,37)/t20-/m1/s1. The summed E-state index contributed by atoms with van der Waals surface area (Å²) >= 11 is 8.28. The number of nitrogens with zero attached hydrogens (tertiary/aromatic N) is 4. The molecule has 3 aromatic heterocycles. The molecule has 0 amide bonds. The van der Waals surface area contributed by atoms with Gasteiger partial charge in [-0.15, -0.1) is 0 Å². The Bertz CT molecular complexity index is 1700. The molecule has 7 nitrogen and oxygen atoms in total. The van der Waals surface area contributed by atoms with E-state index in [4.69, 9.17) is 37.0 Å². The van der Waals surface area contributed by atoms with E-state index >= 15 is 0 Å². The molecule has 9 heteroatoms. The summed E-state index contributed by atoms with van der Waals surface area (Å²) in [6.45, 7) is 7.86. The van der Waals surface area contributed by atoms with E-state index in [-0.39, 0.29) is 6.04 Å². The van der Waals surface area contributed by atoms with Crippen molar-refractivity contribution in [3.63, 3.8) is 0 Å². The summed E-state index contributed by atoms with van der Waals surface area (Å²) in [5, 5.41) is 3.18. The van der Waals surface area contributed by atoms with Crippen molar-refractivity contribution >= 4 is 51.1 Å². The second-order valence-electron chi connectivity index (χ2n) is 10.4. The molecule has 0 aliphatic carbocycles. The number of anilines is 1. The smallest absolute Gasteiger partial charge is 0.196 e. The van der Waals surface area contributed by atoms with Crippen molar-refractivity contribution in [2.75, 3.05) is 18.0 Å². The van der Waals surface area contributed by atoms with Crippen molar-refractivity contribution in [2.45, 2.75) is 62.5 Å². The lowest BCUT2D eigenvalue weighted by molar-refractivity contribution is 0.486. The second kappa shape index (κ2) is 11.3. The van der Waals surface area contributed by atoms with Crippen LogP contribution in [0.3, 0.4) is 0 Å². The average molecular weight is 573 g/mol. The number of H-pyrrole nitrogens is 1. The van der Waals surface area contributed by atoms with Crippen LogP contribution in [-0.4, -0.2) is 39.1 Å². The summed E-state index contributed by atoms with van der Waals surface area (Å²) in [7, 11) is 0. The first kappa shape index (κ1) is 26.9. The summed E-state index contributed by atoms with van der Waals surface area (Å²) in [4.78, 5) is 21.3. The van der Waals surface area contributed by atoms with Crippen LogP contribution in [0.2, 0.25) is 5.02 Å². The first-order valence-electron chi connectivity index (χ1n) is 13.9. The summed E-state index contributed by atoms with van der Waals surface area (Å²) in [5.41, 5.74) is 11.0. The van der Waals surface area contributed by atoms with Crippen LogP contribution in [-0.2, 0) is 12.8 Å². The van der Waals surface area contributed by atoms with E-state index in [1.54, 1.807) is 0 Å². The van der Waals surface area contributed by atoms with Crippen LogP contribution in [0.4, 0.5) is 5.82 Å². The van der Waals surface area contributed by atoms with Gasteiger partial charge in [0.05, 0.1) is 15.9 Å². The van der Waals surface area contributed by atoms with E-state index in [0.717, 1.165) is 94.3 Å². The van der Waals surface area contributed by atoms with Crippen LogP contribution in [0.5, 0.6) is 11.5 Å². The molecule has 1 aliphatic rings. The molecule has 1 aliphatic heterocycles. The zero-order valence-electron chi connectivity index (χ0n) is 23.0. The molecule has 4 heterocycles. The van der Waals surface area contributed by atoms with Crippen LogP contribution >= 0.6 is 23.4 Å². The Hall–Kier alpha value is -3.33. The number of ether oxygens (including phenoxy) is 1. The first-order chi connectivity index (χ1) is 19.4. The van der Waals surface area contributed by atoms with Gasteiger partial charge in [-0.2, -0.15) is 0 Å². The van der Waals surface area contributed by atoms with E-state index in [0.29, 0.717) is 10.2 Å². The highest BCUT2D eigenvalue weighted by molar-refractivity contribution is 7.99. The van der Waals surface area contributed by atoms with Gasteiger partial charge in [0.15, 0.2) is 5.16 Å². The fourth-order valence-corrected chi connectivity index (χ4v) is 6.44. The average Bonchev–Trinajstić information content (AvgIpc) is 3.51. The predicted octanol–water partition coefficient (Wildman–Crippen LogP) is 7.46. The second-order valence-corrected chi connectivity index (χ2v) is 11.8. The molecule has 0 bridgehead atoms. The summed E-state index contributed by atoms with van der Waals surface area (Å²) in [6.07, 6.45) is 3.85. The minimum Gasteiger partial charge on any atom is -0.457 e. The lowest BCUT2D eigenvalue weighted by atomic mass is 10.1. The summed E-state index contributed by atoms with van der Waals surface area (Å²) in [5.74, 6) is 2.48. The molecular formula is C31H33ClN6OS. The molecular weight excluding hydrogens is 540 g/mol. The third-order valence-corrected chi connectivity index (χ3v) is 8.52. The molecule has 3 N–H and O–H groups in total. The number of fused-ring (bicyclic) bond motifs is 2. The molecule has 5 aromatic rings. The number of nitrogens with one attached hydrogen (secondary N) is 1. The Balaban J connectivity index is 1.34. The van der Waals surface area contributed by atoms with Gasteiger partial charge >= 0.3 is 0 Å². The third kappa shape index (κ3) is 5.36. The molecule has 40 heavy (non-hydrogen) atoms. The number of hydrogen-bond donors (Lipinski definition) is 2. The van der Waals surface area contributed by atoms with Crippen LogP contribution in [0.15, 0.2) is 58.6 Å². The SMILES string of the molecule is CCCc1cccc(Oc2cc(C)nc3cc(Sc4nc(N5CC[C@@H](N)C5)c5c(Cl)c(CC)[nH]c5n4)ccc23)c1. The highest BCUT2D eigenvalue weighted by atomic mass is 35.5. The number of rotatable bonds is 8. The lowest BCUT2D eigenvalue weighted by Gasteiger charge is -2.18. The van der Waals surface area contributed by atoms with Crippen molar-refractivity contribution in [3.05, 3.63) is 70.5 Å². The minimum absolute atomic E-state index is 0.129. The number of aromatic nitrogens is 4. The zero-order valence-corrected chi connectivity index (χ0v) is 24.6. The molecule has 0 spiro atoms. The Kier molecular flexibility index (Phi) is 7.57. The number of hydrogen-bond acceptors (Lipinski definition) is 7. The van der Waals surface area contributed by atoms with Crippen LogP contribution in [0.25, 0.3) is 21.9 Å². The Morgan fingerprint density at radius 2 is 2.00 bits per heavy atom. The molecule has 206 valence electrons. The largest absolute Gasteiger partial charge is 0.457 e. The number of benzene rings is 2. The number of aryl methyl sites for hydroxylation is 3. The van der Waals surface area contributed by atoms with Gasteiger partial charge in [0.25, 0.3) is 0 Å². The van der Waals surface area contributed by atoms with Crippen molar-refractivity contribution in [1.29, 1.82) is 0 Å². The van der Waals surface area contributed by atoms with Crippen molar-refractivity contribution in [3.8, 4) is 11.5 Å². The minimum atomic E-state index is 0.129. The van der Waals surface area contributed by atoms with Gasteiger partial charge in [-0.25, -0.2) is 9.97 Å². The zero-order chi connectivity index (χ0) is 27.8. The Labute approximate surface area is 243 Å². The fraction of sp³-hybridized carbons (Fsp3) is 0.323. The highest BCUT2D eigenvalue weighted by Gasteiger charge is 2.26.